The Labute approximate surface area is 146 Å². The van der Waals surface area contributed by atoms with Crippen molar-refractivity contribution < 1.29 is 19.4 Å². The van der Waals surface area contributed by atoms with Crippen molar-refractivity contribution >= 4 is 12.1 Å². The van der Waals surface area contributed by atoms with Crippen LogP contribution in [0.5, 0.6) is 17.2 Å². The van der Waals surface area contributed by atoms with Crippen LogP contribution in [0.3, 0.4) is 0 Å². The highest BCUT2D eigenvalue weighted by Crippen LogP contribution is 2.27. The lowest BCUT2D eigenvalue weighted by atomic mass is 10.2. The highest BCUT2D eigenvalue weighted by molar-refractivity contribution is 5.95. The Balaban J connectivity index is 2.06. The van der Waals surface area contributed by atoms with Gasteiger partial charge in [0.15, 0.2) is 11.5 Å². The maximum atomic E-state index is 11.9. The van der Waals surface area contributed by atoms with Gasteiger partial charge in [-0.05, 0) is 48.9 Å². The predicted octanol–water partition coefficient (Wildman–Crippen LogP) is 2.57. The lowest BCUT2D eigenvalue weighted by molar-refractivity contribution is 0.0954. The molecule has 0 aromatic heterocycles. The number of nitrogens with one attached hydrogen (secondary N) is 1. The van der Waals surface area contributed by atoms with E-state index in [4.69, 9.17) is 15.9 Å². The number of hydrazone groups is 1. The molecule has 6 heteroatoms. The first kappa shape index (κ1) is 17.9. The molecule has 2 aromatic rings. The van der Waals surface area contributed by atoms with Crippen molar-refractivity contribution in [3.8, 4) is 29.6 Å². The number of hydrogen-bond donors (Lipinski definition) is 2. The normalized spacial score (nSPS) is 10.2. The summed E-state index contributed by atoms with van der Waals surface area (Å²) in [5.74, 6) is 3.07. The summed E-state index contributed by atoms with van der Waals surface area (Å²) in [4.78, 5) is 11.9. The summed E-state index contributed by atoms with van der Waals surface area (Å²) in [6.45, 7) is 2.48. The third-order valence-corrected chi connectivity index (χ3v) is 3.07. The van der Waals surface area contributed by atoms with Crippen LogP contribution < -0.4 is 14.9 Å². The number of benzene rings is 2. The van der Waals surface area contributed by atoms with Crippen LogP contribution in [0.4, 0.5) is 0 Å². The van der Waals surface area contributed by atoms with Crippen LogP contribution in [0.15, 0.2) is 47.6 Å². The Kier molecular flexibility index (Phi) is 6.43. The molecule has 0 aliphatic heterocycles. The molecule has 2 N–H and O–H groups in total. The minimum absolute atomic E-state index is 0.0144. The zero-order valence-corrected chi connectivity index (χ0v) is 13.7. The number of aromatic hydroxyl groups is 1. The molecule has 0 aliphatic carbocycles. The Morgan fingerprint density at radius 2 is 2.12 bits per heavy atom. The van der Waals surface area contributed by atoms with E-state index in [9.17, 15) is 9.90 Å². The van der Waals surface area contributed by atoms with Crippen LogP contribution in [0.1, 0.15) is 22.8 Å². The lowest BCUT2D eigenvalue weighted by Gasteiger charge is -2.10. The molecule has 0 unspecified atom stereocenters. The third kappa shape index (κ3) is 5.29. The Hall–Kier alpha value is -3.46. The molecule has 128 valence electrons. The van der Waals surface area contributed by atoms with Crippen molar-refractivity contribution in [2.24, 2.45) is 5.10 Å². The zero-order chi connectivity index (χ0) is 18.1. The number of nitrogens with zero attached hydrogens (tertiary/aromatic N) is 1. The van der Waals surface area contributed by atoms with Crippen LogP contribution in [0.2, 0.25) is 0 Å². The fraction of sp³-hybridized carbons (Fsp3) is 0.158. The van der Waals surface area contributed by atoms with E-state index < -0.39 is 5.91 Å². The summed E-state index contributed by atoms with van der Waals surface area (Å²) < 4.78 is 10.9. The van der Waals surface area contributed by atoms with E-state index in [2.05, 4.69) is 16.4 Å². The summed E-state index contributed by atoms with van der Waals surface area (Å²) >= 11 is 0. The van der Waals surface area contributed by atoms with Crippen molar-refractivity contribution in [1.82, 2.24) is 5.43 Å². The number of ether oxygens (including phenoxy) is 2. The first-order chi connectivity index (χ1) is 12.1. The molecule has 0 heterocycles. The topological polar surface area (TPSA) is 80.2 Å². The summed E-state index contributed by atoms with van der Waals surface area (Å²) in [6, 6.07) is 11.2. The Morgan fingerprint density at radius 1 is 1.28 bits per heavy atom. The SMILES string of the molecule is C#CCOc1ccc(/C=N\NC(=O)c2cccc(O)c2)cc1OCC. The molecule has 0 aliphatic rings. The molecule has 0 atom stereocenters. The van der Waals surface area contributed by atoms with Crippen molar-refractivity contribution in [3.63, 3.8) is 0 Å². The number of phenolic OH excluding ortho intramolecular Hbond substituents is 1. The molecule has 0 radical (unpaired) electrons. The summed E-state index contributed by atoms with van der Waals surface area (Å²) in [6.07, 6.45) is 6.67. The standard InChI is InChI=1S/C19H18N2O4/c1-3-10-25-17-9-8-14(11-18(17)24-4-2)13-20-21-19(23)15-6-5-7-16(22)12-15/h1,5-9,11-13,22H,4,10H2,2H3,(H,21,23)/b20-13-. The summed E-state index contributed by atoms with van der Waals surface area (Å²) in [5, 5.41) is 13.3. The average molecular weight is 338 g/mol. The molecule has 2 aromatic carbocycles. The minimum atomic E-state index is -0.425. The highest BCUT2D eigenvalue weighted by atomic mass is 16.5. The number of rotatable bonds is 7. The van der Waals surface area contributed by atoms with E-state index >= 15 is 0 Å². The van der Waals surface area contributed by atoms with Gasteiger partial charge in [0.05, 0.1) is 12.8 Å². The first-order valence-corrected chi connectivity index (χ1v) is 7.59. The highest BCUT2D eigenvalue weighted by Gasteiger charge is 2.06. The zero-order valence-electron chi connectivity index (χ0n) is 13.7. The lowest BCUT2D eigenvalue weighted by Crippen LogP contribution is -2.17. The Bertz CT molecular complexity index is 809. The van der Waals surface area contributed by atoms with Crippen LogP contribution in [0.25, 0.3) is 0 Å². The van der Waals surface area contributed by atoms with Gasteiger partial charge in [0.1, 0.15) is 12.4 Å². The van der Waals surface area contributed by atoms with Crippen molar-refractivity contribution in [1.29, 1.82) is 0 Å². The van der Waals surface area contributed by atoms with Crippen LogP contribution >= 0.6 is 0 Å². The maximum absolute atomic E-state index is 11.9. The van der Waals surface area contributed by atoms with Gasteiger partial charge in [0, 0.05) is 5.56 Å². The predicted molar refractivity (Wildman–Crippen MR) is 95.1 cm³/mol. The van der Waals surface area contributed by atoms with Crippen molar-refractivity contribution in [3.05, 3.63) is 53.6 Å². The van der Waals surface area contributed by atoms with Gasteiger partial charge in [-0.25, -0.2) is 5.43 Å². The second-order valence-electron chi connectivity index (χ2n) is 4.88. The van der Waals surface area contributed by atoms with Gasteiger partial charge >= 0.3 is 0 Å². The smallest absolute Gasteiger partial charge is 0.271 e. The molecule has 2 rings (SSSR count). The number of carbonyl (C=O) groups excluding carboxylic acids is 1. The van der Waals surface area contributed by atoms with E-state index in [1.165, 1.54) is 18.3 Å². The van der Waals surface area contributed by atoms with Crippen molar-refractivity contribution in [2.75, 3.05) is 13.2 Å². The molecular formula is C19H18N2O4. The molecule has 0 fully saturated rings. The van der Waals surface area contributed by atoms with Crippen LogP contribution in [-0.2, 0) is 0 Å². The first-order valence-electron chi connectivity index (χ1n) is 7.59. The number of phenols is 1. The van der Waals surface area contributed by atoms with Gasteiger partial charge in [-0.3, -0.25) is 4.79 Å². The van der Waals surface area contributed by atoms with E-state index in [0.717, 1.165) is 0 Å². The van der Waals surface area contributed by atoms with Crippen molar-refractivity contribution in [2.45, 2.75) is 6.92 Å². The summed E-state index contributed by atoms with van der Waals surface area (Å²) in [7, 11) is 0. The van der Waals surface area contributed by atoms with E-state index in [1.807, 2.05) is 6.92 Å². The molecule has 0 bridgehead atoms. The molecule has 6 nitrogen and oxygen atoms in total. The summed E-state index contributed by atoms with van der Waals surface area (Å²) in [5.41, 5.74) is 3.42. The third-order valence-electron chi connectivity index (χ3n) is 3.07. The van der Waals surface area contributed by atoms with E-state index in [0.29, 0.717) is 29.2 Å². The van der Waals surface area contributed by atoms with Gasteiger partial charge in [-0.2, -0.15) is 5.10 Å². The molecule has 0 spiro atoms. The largest absolute Gasteiger partial charge is 0.508 e. The molecular weight excluding hydrogens is 320 g/mol. The second-order valence-corrected chi connectivity index (χ2v) is 4.88. The number of terminal acetylenes is 1. The number of carbonyl (C=O) groups is 1. The van der Waals surface area contributed by atoms with Gasteiger partial charge in [-0.15, -0.1) is 6.42 Å². The number of amides is 1. The fourth-order valence-electron chi connectivity index (χ4n) is 1.99. The molecule has 0 saturated carbocycles. The maximum Gasteiger partial charge on any atom is 0.271 e. The fourth-order valence-corrected chi connectivity index (χ4v) is 1.99. The van der Waals surface area contributed by atoms with Gasteiger partial charge < -0.3 is 14.6 Å². The van der Waals surface area contributed by atoms with Crippen LogP contribution in [-0.4, -0.2) is 30.4 Å². The quantitative estimate of drug-likeness (QED) is 0.462. The van der Waals surface area contributed by atoms with E-state index in [1.54, 1.807) is 30.3 Å². The molecule has 0 saturated heterocycles. The average Bonchev–Trinajstić information content (AvgIpc) is 2.61. The molecule has 1 amide bonds. The Morgan fingerprint density at radius 3 is 2.84 bits per heavy atom. The second kappa shape index (κ2) is 8.99. The van der Waals surface area contributed by atoms with Gasteiger partial charge in [0.2, 0.25) is 0 Å². The molecule has 25 heavy (non-hydrogen) atoms. The van der Waals surface area contributed by atoms with E-state index in [-0.39, 0.29) is 12.4 Å². The van der Waals surface area contributed by atoms with Gasteiger partial charge in [0.25, 0.3) is 5.91 Å². The number of hydrogen-bond acceptors (Lipinski definition) is 5. The minimum Gasteiger partial charge on any atom is -0.508 e. The monoisotopic (exact) mass is 338 g/mol. The van der Waals surface area contributed by atoms with Crippen LogP contribution in [0, 0.1) is 12.3 Å². The van der Waals surface area contributed by atoms with Gasteiger partial charge in [-0.1, -0.05) is 12.0 Å².